The molecule has 6 heteroatoms. The fraction of sp³-hybridized carbons (Fsp3) is 0.526. The van der Waals surface area contributed by atoms with E-state index in [4.69, 9.17) is 0 Å². The van der Waals surface area contributed by atoms with Crippen LogP contribution in [0.25, 0.3) is 0 Å². The van der Waals surface area contributed by atoms with Gasteiger partial charge in [-0.3, -0.25) is 9.69 Å². The van der Waals surface area contributed by atoms with E-state index >= 15 is 0 Å². The Balaban J connectivity index is 1.29. The largest absolute Gasteiger partial charge is 0.312 e. The molecule has 1 aromatic carbocycles. The van der Waals surface area contributed by atoms with Crippen molar-refractivity contribution >= 4 is 11.6 Å². The summed E-state index contributed by atoms with van der Waals surface area (Å²) < 4.78 is 2.27. The Morgan fingerprint density at radius 1 is 1.12 bits per heavy atom. The first-order chi connectivity index (χ1) is 12.3. The van der Waals surface area contributed by atoms with E-state index in [0.717, 1.165) is 56.4 Å². The number of amides is 1. The second-order valence-electron chi connectivity index (χ2n) is 7.39. The molecule has 1 saturated carbocycles. The second kappa shape index (κ2) is 5.95. The quantitative estimate of drug-likeness (QED) is 0.859. The molecule has 3 heterocycles. The van der Waals surface area contributed by atoms with E-state index in [1.165, 1.54) is 18.4 Å². The number of hydrogen-bond acceptors (Lipinski definition) is 4. The van der Waals surface area contributed by atoms with Crippen molar-refractivity contribution in [2.24, 2.45) is 0 Å². The number of para-hydroxylation sites is 1. The lowest BCUT2D eigenvalue weighted by molar-refractivity contribution is -0.120. The molecule has 1 amide bonds. The van der Waals surface area contributed by atoms with Crippen LogP contribution in [0.4, 0.5) is 5.69 Å². The number of hydrogen-bond donors (Lipinski definition) is 0. The summed E-state index contributed by atoms with van der Waals surface area (Å²) in [5, 5.41) is 8.75. The smallest absolute Gasteiger partial charge is 0.241 e. The van der Waals surface area contributed by atoms with Crippen molar-refractivity contribution in [2.75, 3.05) is 24.5 Å². The number of rotatable bonds is 3. The van der Waals surface area contributed by atoms with Crippen LogP contribution in [0.3, 0.4) is 0 Å². The highest BCUT2D eigenvalue weighted by Crippen LogP contribution is 2.39. The summed E-state index contributed by atoms with van der Waals surface area (Å²) >= 11 is 0. The van der Waals surface area contributed by atoms with Gasteiger partial charge in [0.25, 0.3) is 0 Å². The molecule has 1 aliphatic carbocycles. The van der Waals surface area contributed by atoms with Crippen molar-refractivity contribution in [3.63, 3.8) is 0 Å². The molecule has 5 rings (SSSR count). The SMILES string of the molecule is O=C(CN1CCn2c(nnc2C2CC2)C1)N1CCCc2ccccc21. The first-order valence-corrected chi connectivity index (χ1v) is 9.32. The van der Waals surface area contributed by atoms with Gasteiger partial charge >= 0.3 is 0 Å². The van der Waals surface area contributed by atoms with Crippen LogP contribution in [-0.2, 0) is 24.3 Å². The maximum atomic E-state index is 12.9. The zero-order chi connectivity index (χ0) is 16.8. The molecule has 6 nitrogen and oxygen atoms in total. The normalized spacial score (nSPS) is 20.2. The van der Waals surface area contributed by atoms with Crippen LogP contribution in [0.5, 0.6) is 0 Å². The van der Waals surface area contributed by atoms with Gasteiger partial charge in [0.1, 0.15) is 11.6 Å². The van der Waals surface area contributed by atoms with Gasteiger partial charge in [-0.1, -0.05) is 18.2 Å². The highest BCUT2D eigenvalue weighted by molar-refractivity contribution is 5.95. The van der Waals surface area contributed by atoms with Crippen LogP contribution in [-0.4, -0.2) is 45.2 Å². The van der Waals surface area contributed by atoms with Crippen molar-refractivity contribution in [1.29, 1.82) is 0 Å². The van der Waals surface area contributed by atoms with E-state index < -0.39 is 0 Å². The van der Waals surface area contributed by atoms with Gasteiger partial charge in [-0.15, -0.1) is 10.2 Å². The molecular weight excluding hydrogens is 314 g/mol. The van der Waals surface area contributed by atoms with Crippen molar-refractivity contribution in [2.45, 2.75) is 44.7 Å². The summed E-state index contributed by atoms with van der Waals surface area (Å²) in [7, 11) is 0. The number of carbonyl (C=O) groups is 1. The van der Waals surface area contributed by atoms with Crippen LogP contribution in [0.1, 0.15) is 42.4 Å². The van der Waals surface area contributed by atoms with E-state index in [2.05, 4.69) is 37.9 Å². The van der Waals surface area contributed by atoms with Crippen LogP contribution >= 0.6 is 0 Å². The van der Waals surface area contributed by atoms with Gasteiger partial charge in [-0.2, -0.15) is 0 Å². The van der Waals surface area contributed by atoms with Crippen molar-refractivity contribution in [1.82, 2.24) is 19.7 Å². The molecule has 0 radical (unpaired) electrons. The van der Waals surface area contributed by atoms with Crippen LogP contribution in [0.15, 0.2) is 24.3 Å². The number of aryl methyl sites for hydroxylation is 1. The lowest BCUT2D eigenvalue weighted by atomic mass is 10.0. The third-order valence-corrected chi connectivity index (χ3v) is 5.57. The number of carbonyl (C=O) groups excluding carboxylic acids is 1. The predicted octanol–water partition coefficient (Wildman–Crippen LogP) is 1.95. The Morgan fingerprint density at radius 3 is 2.88 bits per heavy atom. The molecule has 2 aliphatic heterocycles. The van der Waals surface area contributed by atoms with Crippen LogP contribution in [0.2, 0.25) is 0 Å². The minimum Gasteiger partial charge on any atom is -0.312 e. The van der Waals surface area contributed by atoms with Gasteiger partial charge in [0.05, 0.1) is 13.1 Å². The van der Waals surface area contributed by atoms with Crippen molar-refractivity contribution in [3.05, 3.63) is 41.5 Å². The average Bonchev–Trinajstić information content (AvgIpc) is 3.40. The monoisotopic (exact) mass is 337 g/mol. The first kappa shape index (κ1) is 15.1. The highest BCUT2D eigenvalue weighted by atomic mass is 16.2. The van der Waals surface area contributed by atoms with Gasteiger partial charge in [0.2, 0.25) is 5.91 Å². The molecule has 0 atom stereocenters. The van der Waals surface area contributed by atoms with Crippen molar-refractivity contribution < 1.29 is 4.79 Å². The minimum atomic E-state index is 0.197. The molecule has 1 fully saturated rings. The van der Waals surface area contributed by atoms with Gasteiger partial charge < -0.3 is 9.47 Å². The number of aromatic nitrogens is 3. The molecule has 0 saturated heterocycles. The molecule has 0 spiro atoms. The molecule has 3 aliphatic rings. The highest BCUT2D eigenvalue weighted by Gasteiger charge is 2.33. The lowest BCUT2D eigenvalue weighted by Gasteiger charge is -2.33. The van der Waals surface area contributed by atoms with E-state index in [-0.39, 0.29) is 5.91 Å². The molecule has 2 aromatic rings. The van der Waals surface area contributed by atoms with Gasteiger partial charge in [0.15, 0.2) is 0 Å². The summed E-state index contributed by atoms with van der Waals surface area (Å²) in [6.45, 7) is 3.80. The third-order valence-electron chi connectivity index (χ3n) is 5.57. The standard InChI is InChI=1S/C19H23N5O/c25-18(23-9-3-5-14-4-1-2-6-16(14)23)13-22-10-11-24-17(12-22)20-21-19(24)15-7-8-15/h1-2,4,6,15H,3,5,7-13H2. The molecule has 0 bridgehead atoms. The summed E-state index contributed by atoms with van der Waals surface area (Å²) in [6.07, 6.45) is 4.60. The minimum absolute atomic E-state index is 0.197. The average molecular weight is 337 g/mol. The van der Waals surface area contributed by atoms with E-state index in [0.29, 0.717) is 12.5 Å². The fourth-order valence-corrected chi connectivity index (χ4v) is 4.08. The summed E-state index contributed by atoms with van der Waals surface area (Å²) in [6, 6.07) is 8.29. The lowest BCUT2D eigenvalue weighted by Crippen LogP contribution is -2.45. The van der Waals surface area contributed by atoms with Gasteiger partial charge in [-0.05, 0) is 37.3 Å². The van der Waals surface area contributed by atoms with Crippen LogP contribution < -0.4 is 4.90 Å². The topological polar surface area (TPSA) is 54.3 Å². The zero-order valence-corrected chi connectivity index (χ0v) is 14.4. The Hall–Kier alpha value is -2.21. The maximum Gasteiger partial charge on any atom is 0.241 e. The number of nitrogens with zero attached hydrogens (tertiary/aromatic N) is 5. The molecule has 0 unspecified atom stereocenters. The van der Waals surface area contributed by atoms with E-state index in [9.17, 15) is 4.79 Å². The van der Waals surface area contributed by atoms with E-state index in [1.807, 2.05) is 11.0 Å². The molecule has 0 N–H and O–H groups in total. The third kappa shape index (κ3) is 2.74. The molecule has 130 valence electrons. The molecule has 25 heavy (non-hydrogen) atoms. The Morgan fingerprint density at radius 2 is 2.00 bits per heavy atom. The second-order valence-corrected chi connectivity index (χ2v) is 7.39. The fourth-order valence-electron chi connectivity index (χ4n) is 4.08. The number of anilines is 1. The summed E-state index contributed by atoms with van der Waals surface area (Å²) in [4.78, 5) is 17.1. The number of benzene rings is 1. The maximum absolute atomic E-state index is 12.9. The predicted molar refractivity (Wildman–Crippen MR) is 94.4 cm³/mol. The summed E-state index contributed by atoms with van der Waals surface area (Å²) in [5.41, 5.74) is 2.38. The zero-order valence-electron chi connectivity index (χ0n) is 14.4. The Kier molecular flexibility index (Phi) is 3.59. The Labute approximate surface area is 147 Å². The Bertz CT molecular complexity index is 810. The van der Waals surface area contributed by atoms with Gasteiger partial charge in [0, 0.05) is 31.2 Å². The van der Waals surface area contributed by atoms with Crippen molar-refractivity contribution in [3.8, 4) is 0 Å². The van der Waals surface area contributed by atoms with Gasteiger partial charge in [-0.25, -0.2) is 0 Å². The summed E-state index contributed by atoms with van der Waals surface area (Å²) in [5.74, 6) is 2.99. The molecule has 1 aromatic heterocycles. The first-order valence-electron chi connectivity index (χ1n) is 9.32. The molecular formula is C19H23N5O. The van der Waals surface area contributed by atoms with E-state index in [1.54, 1.807) is 0 Å². The number of fused-ring (bicyclic) bond motifs is 2. The van der Waals surface area contributed by atoms with Crippen LogP contribution in [0, 0.1) is 0 Å².